The third kappa shape index (κ3) is 4.66. The summed E-state index contributed by atoms with van der Waals surface area (Å²) in [5.74, 6) is -1.38. The molecule has 1 N–H and O–H groups in total. The number of aromatic nitrogens is 1. The molecule has 0 aliphatic rings. The summed E-state index contributed by atoms with van der Waals surface area (Å²) in [6.07, 6.45) is 0. The van der Waals surface area contributed by atoms with Gasteiger partial charge in [-0.25, -0.2) is 4.39 Å². The molecule has 0 unspecified atom stereocenters. The normalized spacial score (nSPS) is 10.6. The Morgan fingerprint density at radius 2 is 1.90 bits per heavy atom. The van der Waals surface area contributed by atoms with E-state index in [1.165, 1.54) is 34.9 Å². The second-order valence-electron chi connectivity index (χ2n) is 6.41. The van der Waals surface area contributed by atoms with Crippen molar-refractivity contribution in [3.8, 4) is 0 Å². The molecule has 0 saturated carbocycles. The smallest absolute Gasteiger partial charge is 0.308 e. The molecule has 0 radical (unpaired) electrons. The fraction of sp³-hybridized carbons (Fsp3) is 0.150. The van der Waals surface area contributed by atoms with Crippen molar-refractivity contribution in [3.05, 3.63) is 95.8 Å². The number of non-ortho nitro benzene ring substituents is 1. The van der Waals surface area contributed by atoms with E-state index in [2.05, 4.69) is 5.32 Å². The minimum atomic E-state index is -0.528. The number of thiazole rings is 1. The lowest BCUT2D eigenvalue weighted by molar-refractivity contribution is -0.384. The van der Waals surface area contributed by atoms with Gasteiger partial charge in [0.05, 0.1) is 11.5 Å². The number of benzene rings is 2. The van der Waals surface area contributed by atoms with Crippen molar-refractivity contribution in [1.82, 2.24) is 9.88 Å². The van der Waals surface area contributed by atoms with E-state index in [0.717, 1.165) is 12.1 Å². The van der Waals surface area contributed by atoms with E-state index in [1.54, 1.807) is 13.0 Å². The first kappa shape index (κ1) is 21.1. The van der Waals surface area contributed by atoms with Gasteiger partial charge in [0.15, 0.2) is 5.78 Å². The van der Waals surface area contributed by atoms with E-state index in [4.69, 9.17) is 0 Å². The zero-order chi connectivity index (χ0) is 21.8. The molecule has 30 heavy (non-hydrogen) atoms. The quantitative estimate of drug-likeness (QED) is 0.352. The Morgan fingerprint density at radius 1 is 1.20 bits per heavy atom. The number of halogens is 1. The summed E-state index contributed by atoms with van der Waals surface area (Å²) in [6.45, 7) is 1.32. The minimum absolute atomic E-state index is 0.0422. The zero-order valence-electron chi connectivity index (χ0n) is 15.8. The molecule has 0 saturated heterocycles. The second-order valence-corrected chi connectivity index (χ2v) is 7.37. The Bertz CT molecular complexity index is 1180. The first-order valence-corrected chi connectivity index (χ1v) is 9.58. The molecule has 0 bridgehead atoms. The SMILES string of the molecule is Cc1c(C(=O)NCc2cccc([N+](=O)[O-])c2)sc(=O)n1CC(=O)c1ccc(F)cc1. The number of Topliss-reactive ketones (excluding diaryl/α,β-unsaturated/α-hetero) is 1. The molecule has 1 amide bonds. The third-order valence-electron chi connectivity index (χ3n) is 4.39. The van der Waals surface area contributed by atoms with Crippen LogP contribution in [0.1, 0.15) is 31.3 Å². The summed E-state index contributed by atoms with van der Waals surface area (Å²) in [5.41, 5.74) is 1.03. The van der Waals surface area contributed by atoms with Crippen LogP contribution in [-0.4, -0.2) is 21.2 Å². The van der Waals surface area contributed by atoms with Crippen LogP contribution in [0.25, 0.3) is 0 Å². The van der Waals surface area contributed by atoms with Crippen molar-refractivity contribution in [2.75, 3.05) is 0 Å². The van der Waals surface area contributed by atoms with Crippen LogP contribution >= 0.6 is 11.3 Å². The number of hydrogen-bond acceptors (Lipinski definition) is 6. The van der Waals surface area contributed by atoms with E-state index >= 15 is 0 Å². The molecule has 2 aromatic carbocycles. The Hall–Kier alpha value is -3.66. The van der Waals surface area contributed by atoms with Gasteiger partial charge >= 0.3 is 4.87 Å². The fourth-order valence-electron chi connectivity index (χ4n) is 2.78. The first-order chi connectivity index (χ1) is 14.3. The van der Waals surface area contributed by atoms with Gasteiger partial charge in [-0.05, 0) is 36.8 Å². The van der Waals surface area contributed by atoms with Gasteiger partial charge < -0.3 is 5.32 Å². The molecule has 154 valence electrons. The molecule has 1 aromatic heterocycles. The van der Waals surface area contributed by atoms with Crippen molar-refractivity contribution in [2.45, 2.75) is 20.0 Å². The van der Waals surface area contributed by atoms with E-state index in [9.17, 15) is 28.9 Å². The zero-order valence-corrected chi connectivity index (χ0v) is 16.6. The molecular formula is C20H16FN3O5S. The average Bonchev–Trinajstić information content (AvgIpc) is 3.01. The summed E-state index contributed by atoms with van der Waals surface area (Å²) >= 11 is 0.707. The Balaban J connectivity index is 1.73. The predicted octanol–water partition coefficient (Wildman–Crippen LogP) is 3.08. The van der Waals surface area contributed by atoms with Gasteiger partial charge in [-0.3, -0.25) is 29.1 Å². The van der Waals surface area contributed by atoms with Crippen molar-refractivity contribution >= 4 is 28.7 Å². The van der Waals surface area contributed by atoms with Crippen molar-refractivity contribution in [2.24, 2.45) is 0 Å². The topological polar surface area (TPSA) is 111 Å². The molecule has 0 spiro atoms. The van der Waals surface area contributed by atoms with E-state index in [1.807, 2.05) is 0 Å². The van der Waals surface area contributed by atoms with Crippen LogP contribution in [0.2, 0.25) is 0 Å². The first-order valence-electron chi connectivity index (χ1n) is 8.77. The number of ketones is 1. The largest absolute Gasteiger partial charge is 0.347 e. The summed E-state index contributed by atoms with van der Waals surface area (Å²) in [5, 5.41) is 13.5. The van der Waals surface area contributed by atoms with Crippen LogP contribution in [0.4, 0.5) is 10.1 Å². The third-order valence-corrected chi connectivity index (χ3v) is 5.47. The number of carbonyl (C=O) groups excluding carboxylic acids is 2. The highest BCUT2D eigenvalue weighted by Gasteiger charge is 2.20. The minimum Gasteiger partial charge on any atom is -0.347 e. The number of nitrogens with zero attached hydrogens (tertiary/aromatic N) is 2. The molecule has 1 heterocycles. The van der Waals surface area contributed by atoms with Gasteiger partial charge in [0, 0.05) is 29.9 Å². The molecule has 0 atom stereocenters. The standard InChI is InChI=1S/C20H16FN3O5S/c1-12-18(19(26)22-10-13-3-2-4-16(9-13)24(28)29)30-20(27)23(12)11-17(25)14-5-7-15(21)8-6-14/h2-9H,10-11H2,1H3,(H,22,26). The molecule has 3 aromatic rings. The van der Waals surface area contributed by atoms with Gasteiger partial charge in [-0.1, -0.05) is 23.5 Å². The average molecular weight is 429 g/mol. The number of amides is 1. The fourth-order valence-corrected chi connectivity index (χ4v) is 3.69. The monoisotopic (exact) mass is 429 g/mol. The maximum atomic E-state index is 13.0. The number of nitro benzene ring substituents is 1. The van der Waals surface area contributed by atoms with Crippen LogP contribution in [0.3, 0.4) is 0 Å². The molecular weight excluding hydrogens is 413 g/mol. The van der Waals surface area contributed by atoms with Crippen LogP contribution in [0, 0.1) is 22.9 Å². The number of nitro groups is 1. The maximum absolute atomic E-state index is 13.0. The highest BCUT2D eigenvalue weighted by molar-refractivity contribution is 7.11. The van der Waals surface area contributed by atoms with E-state index in [0.29, 0.717) is 22.6 Å². The van der Waals surface area contributed by atoms with Crippen LogP contribution < -0.4 is 10.2 Å². The van der Waals surface area contributed by atoms with Gasteiger partial charge in [-0.2, -0.15) is 0 Å². The molecule has 0 fully saturated rings. The van der Waals surface area contributed by atoms with E-state index in [-0.39, 0.29) is 35.0 Å². The summed E-state index contributed by atoms with van der Waals surface area (Å²) in [4.78, 5) is 47.2. The van der Waals surface area contributed by atoms with Gasteiger partial charge in [0.2, 0.25) is 0 Å². The summed E-state index contributed by atoms with van der Waals surface area (Å²) < 4.78 is 14.2. The van der Waals surface area contributed by atoms with Crippen LogP contribution in [0.5, 0.6) is 0 Å². The maximum Gasteiger partial charge on any atom is 0.308 e. The molecule has 8 nitrogen and oxygen atoms in total. The molecule has 0 aliphatic carbocycles. The Labute approximate surface area is 173 Å². The van der Waals surface area contributed by atoms with Crippen molar-refractivity contribution in [3.63, 3.8) is 0 Å². The highest BCUT2D eigenvalue weighted by Crippen LogP contribution is 2.15. The number of nitrogens with one attached hydrogen (secondary N) is 1. The lowest BCUT2D eigenvalue weighted by Gasteiger charge is -2.07. The van der Waals surface area contributed by atoms with Gasteiger partial charge in [0.25, 0.3) is 11.6 Å². The van der Waals surface area contributed by atoms with Crippen LogP contribution in [-0.2, 0) is 13.1 Å². The highest BCUT2D eigenvalue weighted by atomic mass is 32.1. The van der Waals surface area contributed by atoms with Gasteiger partial charge in [-0.15, -0.1) is 0 Å². The summed E-state index contributed by atoms with van der Waals surface area (Å²) in [7, 11) is 0. The second kappa shape index (κ2) is 8.78. The molecule has 10 heteroatoms. The lowest BCUT2D eigenvalue weighted by Crippen LogP contribution is -2.24. The number of carbonyl (C=O) groups is 2. The Kier molecular flexibility index (Phi) is 6.17. The Morgan fingerprint density at radius 3 is 2.57 bits per heavy atom. The van der Waals surface area contributed by atoms with E-state index < -0.39 is 21.5 Å². The van der Waals surface area contributed by atoms with Crippen LogP contribution in [0.15, 0.2) is 53.3 Å². The number of rotatable bonds is 7. The summed E-state index contributed by atoms with van der Waals surface area (Å²) in [6, 6.07) is 10.8. The predicted molar refractivity (Wildman–Crippen MR) is 108 cm³/mol. The lowest BCUT2D eigenvalue weighted by atomic mass is 10.1. The molecule has 0 aliphatic heterocycles. The van der Waals surface area contributed by atoms with Crippen molar-refractivity contribution in [1.29, 1.82) is 0 Å². The number of hydrogen-bond donors (Lipinski definition) is 1. The van der Waals surface area contributed by atoms with Gasteiger partial charge in [0.1, 0.15) is 10.7 Å². The molecule has 3 rings (SSSR count). The van der Waals surface area contributed by atoms with Crippen molar-refractivity contribution < 1.29 is 18.9 Å².